The zero-order valence-electron chi connectivity index (χ0n) is 22.5. The molecule has 2 fully saturated rings. The van der Waals surface area contributed by atoms with E-state index in [2.05, 4.69) is 43.9 Å². The summed E-state index contributed by atoms with van der Waals surface area (Å²) in [6.07, 6.45) is 7.91. The predicted octanol–water partition coefficient (Wildman–Crippen LogP) is 4.52. The minimum absolute atomic E-state index is 0.0786. The van der Waals surface area contributed by atoms with Gasteiger partial charge in [0.25, 0.3) is 0 Å². The van der Waals surface area contributed by atoms with Crippen LogP contribution in [0, 0.1) is 11.8 Å². The molecule has 3 aromatic rings. The van der Waals surface area contributed by atoms with Gasteiger partial charge in [-0.15, -0.1) is 0 Å². The van der Waals surface area contributed by atoms with Crippen molar-refractivity contribution in [2.24, 2.45) is 17.6 Å². The molecule has 2 aliphatic rings. The van der Waals surface area contributed by atoms with E-state index in [9.17, 15) is 4.79 Å². The molecule has 9 heteroatoms. The second kappa shape index (κ2) is 11.6. The Labute approximate surface area is 230 Å². The van der Waals surface area contributed by atoms with Crippen molar-refractivity contribution in [1.29, 1.82) is 0 Å². The zero-order valence-corrected chi connectivity index (χ0v) is 23.3. The average Bonchev–Trinajstić information content (AvgIpc) is 3.41. The summed E-state index contributed by atoms with van der Waals surface area (Å²) in [6, 6.07) is 9.70. The van der Waals surface area contributed by atoms with Crippen molar-refractivity contribution in [3.05, 3.63) is 53.4 Å². The van der Waals surface area contributed by atoms with Gasteiger partial charge in [-0.25, -0.2) is 9.97 Å². The molecule has 0 bridgehead atoms. The number of aromatic nitrogens is 3. The van der Waals surface area contributed by atoms with Crippen LogP contribution in [0.4, 0.5) is 5.82 Å². The van der Waals surface area contributed by atoms with Crippen LogP contribution in [0.1, 0.15) is 57.6 Å². The molecule has 4 heterocycles. The molecule has 1 amide bonds. The van der Waals surface area contributed by atoms with Crippen molar-refractivity contribution < 1.29 is 4.79 Å². The van der Waals surface area contributed by atoms with Crippen LogP contribution in [0.5, 0.6) is 0 Å². The SMILES string of the molecule is CC(C)C1CCN(CC[C@H](NC(=O)C2(N)CCN(c3ncnc4[nH]ccc34)CC2)c2ccc(Cl)cc2)CC1. The molecule has 0 radical (unpaired) electrons. The molecule has 0 spiro atoms. The maximum atomic E-state index is 13.6. The Hall–Kier alpha value is -2.68. The first-order chi connectivity index (χ1) is 18.3. The number of amides is 1. The first-order valence-electron chi connectivity index (χ1n) is 13.9. The number of fused-ring (bicyclic) bond motifs is 1. The van der Waals surface area contributed by atoms with Crippen molar-refractivity contribution in [3.63, 3.8) is 0 Å². The molecular weight excluding hydrogens is 498 g/mol. The molecule has 4 N–H and O–H groups in total. The van der Waals surface area contributed by atoms with Gasteiger partial charge in [-0.1, -0.05) is 37.6 Å². The van der Waals surface area contributed by atoms with Crippen LogP contribution in [-0.4, -0.2) is 64.0 Å². The number of nitrogens with one attached hydrogen (secondary N) is 2. The lowest BCUT2D eigenvalue weighted by Crippen LogP contribution is -2.60. The van der Waals surface area contributed by atoms with Crippen molar-refractivity contribution in [2.75, 3.05) is 37.6 Å². The van der Waals surface area contributed by atoms with E-state index in [4.69, 9.17) is 17.3 Å². The van der Waals surface area contributed by atoms with Gasteiger partial charge in [0.2, 0.25) is 5.91 Å². The summed E-state index contributed by atoms with van der Waals surface area (Å²) in [7, 11) is 0. The number of halogens is 1. The number of H-pyrrole nitrogens is 1. The molecule has 38 heavy (non-hydrogen) atoms. The fourth-order valence-electron chi connectivity index (χ4n) is 5.93. The average molecular weight is 538 g/mol. The second-order valence-electron chi connectivity index (χ2n) is 11.4. The van der Waals surface area contributed by atoms with E-state index in [0.29, 0.717) is 31.0 Å². The highest BCUT2D eigenvalue weighted by atomic mass is 35.5. The Morgan fingerprint density at radius 1 is 1.13 bits per heavy atom. The number of piperidine rings is 2. The number of nitrogens with zero attached hydrogens (tertiary/aromatic N) is 4. The quantitative estimate of drug-likeness (QED) is 0.390. The van der Waals surface area contributed by atoms with Gasteiger partial charge in [-0.3, -0.25) is 4.79 Å². The van der Waals surface area contributed by atoms with Crippen LogP contribution in [0.25, 0.3) is 11.0 Å². The van der Waals surface area contributed by atoms with Crippen molar-refractivity contribution in [3.8, 4) is 0 Å². The number of rotatable bonds is 8. The standard InChI is InChI=1S/C29H40ClN7O/c1-20(2)21-8-14-36(15-9-21)16-10-25(22-3-5-23(30)6-4-22)35-28(38)29(31)11-17-37(18-12-29)27-24-7-13-32-26(24)33-19-34-27/h3-7,13,19-21,25H,8-12,14-18,31H2,1-2H3,(H,35,38)(H,32,33,34)/t25-/m0/s1. The molecule has 2 saturated heterocycles. The molecule has 5 rings (SSSR count). The highest BCUT2D eigenvalue weighted by Gasteiger charge is 2.39. The summed E-state index contributed by atoms with van der Waals surface area (Å²) < 4.78 is 0. The third-order valence-corrected chi connectivity index (χ3v) is 8.88. The molecule has 8 nitrogen and oxygen atoms in total. The number of likely N-dealkylation sites (tertiary alicyclic amines) is 1. The van der Waals surface area contributed by atoms with Gasteiger partial charge in [-0.2, -0.15) is 0 Å². The number of anilines is 1. The van der Waals surface area contributed by atoms with E-state index in [-0.39, 0.29) is 11.9 Å². The van der Waals surface area contributed by atoms with Crippen LogP contribution >= 0.6 is 11.6 Å². The molecule has 0 saturated carbocycles. The molecule has 2 aromatic heterocycles. The number of nitrogens with two attached hydrogens (primary N) is 1. The summed E-state index contributed by atoms with van der Waals surface area (Å²) in [5.74, 6) is 2.37. The van der Waals surface area contributed by atoms with E-state index in [0.717, 1.165) is 60.3 Å². The molecule has 2 aliphatic heterocycles. The number of hydrogen-bond acceptors (Lipinski definition) is 6. The van der Waals surface area contributed by atoms with Crippen LogP contribution in [0.3, 0.4) is 0 Å². The molecular formula is C29H40ClN7O. The van der Waals surface area contributed by atoms with Gasteiger partial charge in [0, 0.05) is 30.9 Å². The smallest absolute Gasteiger partial charge is 0.240 e. The number of hydrogen-bond donors (Lipinski definition) is 3. The summed E-state index contributed by atoms with van der Waals surface area (Å²) in [4.78, 5) is 30.3. The van der Waals surface area contributed by atoms with Crippen molar-refractivity contribution in [1.82, 2.24) is 25.2 Å². The van der Waals surface area contributed by atoms with Gasteiger partial charge >= 0.3 is 0 Å². The monoisotopic (exact) mass is 537 g/mol. The Balaban J connectivity index is 1.22. The van der Waals surface area contributed by atoms with Crippen LogP contribution in [0.2, 0.25) is 5.02 Å². The Kier molecular flexibility index (Phi) is 8.21. The lowest BCUT2D eigenvalue weighted by molar-refractivity contribution is -0.128. The van der Waals surface area contributed by atoms with E-state index in [1.165, 1.54) is 12.8 Å². The Morgan fingerprint density at radius 2 is 1.84 bits per heavy atom. The number of aromatic amines is 1. The summed E-state index contributed by atoms with van der Waals surface area (Å²) in [5, 5.41) is 5.01. The number of carbonyl (C=O) groups excluding carboxylic acids is 1. The van der Waals surface area contributed by atoms with E-state index < -0.39 is 5.54 Å². The van der Waals surface area contributed by atoms with Gasteiger partial charge in [0.1, 0.15) is 17.8 Å². The lowest BCUT2D eigenvalue weighted by atomic mass is 9.86. The van der Waals surface area contributed by atoms with Gasteiger partial charge in [0.05, 0.1) is 17.0 Å². The van der Waals surface area contributed by atoms with E-state index >= 15 is 0 Å². The zero-order chi connectivity index (χ0) is 26.7. The lowest BCUT2D eigenvalue weighted by Gasteiger charge is -2.39. The Bertz CT molecular complexity index is 1210. The maximum Gasteiger partial charge on any atom is 0.240 e. The molecule has 0 aliphatic carbocycles. The van der Waals surface area contributed by atoms with Gasteiger partial charge in [-0.05, 0) is 80.8 Å². The molecule has 1 aromatic carbocycles. The maximum absolute atomic E-state index is 13.6. The third-order valence-electron chi connectivity index (χ3n) is 8.63. The minimum Gasteiger partial charge on any atom is -0.356 e. The largest absolute Gasteiger partial charge is 0.356 e. The predicted molar refractivity (Wildman–Crippen MR) is 153 cm³/mol. The van der Waals surface area contributed by atoms with E-state index in [1.807, 2.05) is 36.5 Å². The second-order valence-corrected chi connectivity index (χ2v) is 11.8. The first kappa shape index (κ1) is 26.9. The molecule has 204 valence electrons. The minimum atomic E-state index is -0.916. The van der Waals surface area contributed by atoms with Crippen LogP contribution in [-0.2, 0) is 4.79 Å². The highest BCUT2D eigenvalue weighted by molar-refractivity contribution is 6.30. The molecule has 0 unspecified atom stereocenters. The van der Waals surface area contributed by atoms with Gasteiger partial charge < -0.3 is 25.8 Å². The summed E-state index contributed by atoms with van der Waals surface area (Å²) in [5.41, 5.74) is 7.73. The molecule has 1 atom stereocenters. The summed E-state index contributed by atoms with van der Waals surface area (Å²) >= 11 is 6.17. The fraction of sp³-hybridized carbons (Fsp3) is 0.552. The number of carbonyl (C=O) groups is 1. The van der Waals surface area contributed by atoms with E-state index in [1.54, 1.807) is 6.33 Å². The Morgan fingerprint density at radius 3 is 2.53 bits per heavy atom. The van der Waals surface area contributed by atoms with Crippen LogP contribution < -0.4 is 16.0 Å². The first-order valence-corrected chi connectivity index (χ1v) is 14.3. The van der Waals surface area contributed by atoms with Crippen molar-refractivity contribution in [2.45, 2.75) is 57.5 Å². The number of benzene rings is 1. The van der Waals surface area contributed by atoms with Crippen molar-refractivity contribution >= 4 is 34.4 Å². The summed E-state index contributed by atoms with van der Waals surface area (Å²) in [6.45, 7) is 9.18. The highest BCUT2D eigenvalue weighted by Crippen LogP contribution is 2.30. The normalized spacial score (nSPS) is 19.7. The van der Waals surface area contributed by atoms with Gasteiger partial charge in [0.15, 0.2) is 0 Å². The van der Waals surface area contributed by atoms with Crippen LogP contribution in [0.15, 0.2) is 42.9 Å². The third kappa shape index (κ3) is 5.98. The fourth-order valence-corrected chi connectivity index (χ4v) is 6.06. The topological polar surface area (TPSA) is 103 Å².